The molecule has 18 heavy (non-hydrogen) atoms. The fraction of sp³-hybridized carbons (Fsp3) is 0.357. The van der Waals surface area contributed by atoms with Gasteiger partial charge in [0.15, 0.2) is 0 Å². The number of hydrogen-bond acceptors (Lipinski definition) is 4. The SMILES string of the molecule is NC1CCCc2ccc(OCc3cscn3)cc21. The Morgan fingerprint density at radius 3 is 3.22 bits per heavy atom. The molecule has 1 atom stereocenters. The summed E-state index contributed by atoms with van der Waals surface area (Å²) in [5.41, 5.74) is 11.6. The number of fused-ring (bicyclic) bond motifs is 1. The second kappa shape index (κ2) is 5.08. The number of nitrogens with two attached hydrogens (primary N) is 1. The normalized spacial score (nSPS) is 18.4. The van der Waals surface area contributed by atoms with Crippen LogP contribution in [0, 0.1) is 0 Å². The van der Waals surface area contributed by atoms with Gasteiger partial charge < -0.3 is 10.5 Å². The van der Waals surface area contributed by atoms with Crippen molar-refractivity contribution in [1.82, 2.24) is 4.98 Å². The van der Waals surface area contributed by atoms with E-state index in [-0.39, 0.29) is 6.04 Å². The zero-order chi connectivity index (χ0) is 12.4. The number of rotatable bonds is 3. The number of nitrogens with zero attached hydrogens (tertiary/aromatic N) is 1. The lowest BCUT2D eigenvalue weighted by Gasteiger charge is -2.22. The van der Waals surface area contributed by atoms with Crippen LogP contribution in [0.5, 0.6) is 5.75 Å². The Hall–Kier alpha value is -1.39. The predicted octanol–water partition coefficient (Wildman–Crippen LogP) is 3.06. The fourth-order valence-corrected chi connectivity index (χ4v) is 2.91. The Morgan fingerprint density at radius 2 is 2.39 bits per heavy atom. The number of ether oxygens (including phenoxy) is 1. The zero-order valence-electron chi connectivity index (χ0n) is 10.1. The molecule has 0 fully saturated rings. The minimum absolute atomic E-state index is 0.163. The Kier molecular flexibility index (Phi) is 3.30. The lowest BCUT2D eigenvalue weighted by atomic mass is 9.88. The van der Waals surface area contributed by atoms with Crippen molar-refractivity contribution in [1.29, 1.82) is 0 Å². The maximum Gasteiger partial charge on any atom is 0.131 e. The van der Waals surface area contributed by atoms with Crippen molar-refractivity contribution in [2.45, 2.75) is 31.9 Å². The van der Waals surface area contributed by atoms with Crippen molar-refractivity contribution < 1.29 is 4.74 Å². The predicted molar refractivity (Wildman–Crippen MR) is 72.8 cm³/mol. The van der Waals surface area contributed by atoms with E-state index < -0.39 is 0 Å². The van der Waals surface area contributed by atoms with E-state index >= 15 is 0 Å². The van der Waals surface area contributed by atoms with Gasteiger partial charge >= 0.3 is 0 Å². The van der Waals surface area contributed by atoms with E-state index in [1.54, 1.807) is 11.3 Å². The molecule has 1 aliphatic rings. The van der Waals surface area contributed by atoms with Crippen molar-refractivity contribution in [3.8, 4) is 5.75 Å². The molecule has 2 N–H and O–H groups in total. The number of aromatic nitrogens is 1. The van der Waals surface area contributed by atoms with Crippen LogP contribution in [-0.4, -0.2) is 4.98 Å². The van der Waals surface area contributed by atoms with Crippen molar-refractivity contribution >= 4 is 11.3 Å². The van der Waals surface area contributed by atoms with Crippen LogP contribution >= 0.6 is 11.3 Å². The molecule has 2 aromatic rings. The molecule has 0 saturated carbocycles. The van der Waals surface area contributed by atoms with Gasteiger partial charge in [-0.05, 0) is 42.5 Å². The van der Waals surface area contributed by atoms with Gasteiger partial charge in [0.05, 0.1) is 11.2 Å². The Morgan fingerprint density at radius 1 is 1.44 bits per heavy atom. The van der Waals surface area contributed by atoms with E-state index in [1.165, 1.54) is 17.5 Å². The van der Waals surface area contributed by atoms with Crippen LogP contribution in [0.15, 0.2) is 29.1 Å². The topological polar surface area (TPSA) is 48.1 Å². The molecule has 1 aliphatic carbocycles. The standard InChI is InChI=1S/C14H16N2OS/c15-14-3-1-2-10-4-5-12(6-13(10)14)17-7-11-8-18-9-16-11/h4-6,8-9,14H,1-3,7,15H2. The number of benzene rings is 1. The highest BCUT2D eigenvalue weighted by atomic mass is 32.1. The van der Waals surface area contributed by atoms with Crippen molar-refractivity contribution in [3.63, 3.8) is 0 Å². The Labute approximate surface area is 111 Å². The first kappa shape index (κ1) is 11.7. The van der Waals surface area contributed by atoms with Crippen LogP contribution in [-0.2, 0) is 13.0 Å². The molecule has 0 amide bonds. The average Bonchev–Trinajstić information content (AvgIpc) is 2.90. The molecule has 3 rings (SSSR count). The summed E-state index contributed by atoms with van der Waals surface area (Å²) >= 11 is 1.59. The molecule has 0 bridgehead atoms. The minimum Gasteiger partial charge on any atom is -0.487 e. The molecule has 1 aromatic carbocycles. The molecule has 3 nitrogen and oxygen atoms in total. The largest absolute Gasteiger partial charge is 0.487 e. The first-order chi connectivity index (χ1) is 8.83. The van der Waals surface area contributed by atoms with Gasteiger partial charge in [0.1, 0.15) is 12.4 Å². The first-order valence-corrected chi connectivity index (χ1v) is 7.15. The van der Waals surface area contributed by atoms with Crippen LogP contribution in [0.3, 0.4) is 0 Å². The molecular formula is C14H16N2OS. The van der Waals surface area contributed by atoms with Gasteiger partial charge in [-0.15, -0.1) is 11.3 Å². The highest BCUT2D eigenvalue weighted by Crippen LogP contribution is 2.31. The van der Waals surface area contributed by atoms with E-state index in [2.05, 4.69) is 17.1 Å². The van der Waals surface area contributed by atoms with Gasteiger partial charge in [0, 0.05) is 11.4 Å². The third-order valence-electron chi connectivity index (χ3n) is 3.35. The molecule has 0 saturated heterocycles. The maximum absolute atomic E-state index is 6.14. The van der Waals surface area contributed by atoms with Crippen LogP contribution in [0.4, 0.5) is 0 Å². The number of aryl methyl sites for hydroxylation is 1. The van der Waals surface area contributed by atoms with E-state index in [0.29, 0.717) is 6.61 Å². The molecule has 1 unspecified atom stereocenters. The summed E-state index contributed by atoms with van der Waals surface area (Å²) in [6.07, 6.45) is 3.39. The number of thiazole rings is 1. The molecular weight excluding hydrogens is 244 g/mol. The van der Waals surface area contributed by atoms with Crippen molar-refractivity contribution in [3.05, 3.63) is 45.9 Å². The van der Waals surface area contributed by atoms with E-state index in [1.807, 2.05) is 17.0 Å². The summed E-state index contributed by atoms with van der Waals surface area (Å²) in [5.74, 6) is 0.888. The molecule has 0 aliphatic heterocycles. The van der Waals surface area contributed by atoms with Gasteiger partial charge in [-0.25, -0.2) is 4.98 Å². The third-order valence-corrected chi connectivity index (χ3v) is 3.98. The molecule has 0 spiro atoms. The van der Waals surface area contributed by atoms with E-state index in [4.69, 9.17) is 10.5 Å². The van der Waals surface area contributed by atoms with Crippen molar-refractivity contribution in [2.24, 2.45) is 5.73 Å². The molecule has 4 heteroatoms. The minimum atomic E-state index is 0.163. The second-order valence-corrected chi connectivity index (χ2v) is 5.35. The number of hydrogen-bond donors (Lipinski definition) is 1. The highest BCUT2D eigenvalue weighted by molar-refractivity contribution is 7.07. The highest BCUT2D eigenvalue weighted by Gasteiger charge is 2.17. The van der Waals surface area contributed by atoms with Gasteiger partial charge in [0.2, 0.25) is 0 Å². The summed E-state index contributed by atoms with van der Waals surface area (Å²) in [5, 5.41) is 2.00. The Balaban J connectivity index is 1.75. The van der Waals surface area contributed by atoms with Crippen LogP contribution in [0.1, 0.15) is 35.7 Å². The summed E-state index contributed by atoms with van der Waals surface area (Å²) in [6, 6.07) is 6.43. The summed E-state index contributed by atoms with van der Waals surface area (Å²) in [6.45, 7) is 0.525. The van der Waals surface area contributed by atoms with Crippen LogP contribution < -0.4 is 10.5 Å². The summed E-state index contributed by atoms with van der Waals surface area (Å²) in [7, 11) is 0. The van der Waals surface area contributed by atoms with Crippen LogP contribution in [0.2, 0.25) is 0 Å². The quantitative estimate of drug-likeness (QED) is 0.922. The lowest BCUT2D eigenvalue weighted by molar-refractivity contribution is 0.301. The molecule has 94 valence electrons. The van der Waals surface area contributed by atoms with Crippen molar-refractivity contribution in [2.75, 3.05) is 0 Å². The zero-order valence-corrected chi connectivity index (χ0v) is 11.0. The average molecular weight is 260 g/mol. The van der Waals surface area contributed by atoms with Gasteiger partial charge in [-0.3, -0.25) is 0 Å². The van der Waals surface area contributed by atoms with E-state index in [9.17, 15) is 0 Å². The summed E-state index contributed by atoms with van der Waals surface area (Å²) < 4.78 is 5.75. The van der Waals surface area contributed by atoms with Gasteiger partial charge in [-0.2, -0.15) is 0 Å². The Bertz CT molecular complexity index is 525. The third kappa shape index (κ3) is 2.40. The lowest BCUT2D eigenvalue weighted by Crippen LogP contribution is -2.17. The second-order valence-electron chi connectivity index (χ2n) is 4.63. The smallest absolute Gasteiger partial charge is 0.131 e. The van der Waals surface area contributed by atoms with Gasteiger partial charge in [0.25, 0.3) is 0 Å². The molecule has 1 heterocycles. The molecule has 1 aromatic heterocycles. The summed E-state index contributed by atoms with van der Waals surface area (Å²) in [4.78, 5) is 4.20. The first-order valence-electron chi connectivity index (χ1n) is 6.21. The molecule has 0 radical (unpaired) electrons. The maximum atomic E-state index is 6.14. The fourth-order valence-electron chi connectivity index (χ4n) is 2.37. The van der Waals surface area contributed by atoms with Crippen LogP contribution in [0.25, 0.3) is 0 Å². The van der Waals surface area contributed by atoms with E-state index in [0.717, 1.165) is 24.3 Å². The monoisotopic (exact) mass is 260 g/mol. The van der Waals surface area contributed by atoms with Gasteiger partial charge in [-0.1, -0.05) is 6.07 Å².